The first-order valence-electron chi connectivity index (χ1n) is 5.26. The minimum Gasteiger partial charge on any atom is -0.481 e. The molecule has 0 saturated carbocycles. The third-order valence-corrected chi connectivity index (χ3v) is 2.09. The summed E-state index contributed by atoms with van der Waals surface area (Å²) in [4.78, 5) is 4.16. The van der Waals surface area contributed by atoms with Crippen LogP contribution >= 0.6 is 0 Å². The molecule has 0 unspecified atom stereocenters. The van der Waals surface area contributed by atoms with Gasteiger partial charge >= 0.3 is 0 Å². The zero-order valence-corrected chi connectivity index (χ0v) is 10.0. The highest BCUT2D eigenvalue weighted by molar-refractivity contribution is 5.25. The van der Waals surface area contributed by atoms with Crippen molar-refractivity contribution >= 4 is 0 Å². The summed E-state index contributed by atoms with van der Waals surface area (Å²) >= 11 is 0. The van der Waals surface area contributed by atoms with Crippen LogP contribution in [0.5, 0.6) is 5.88 Å². The Labute approximate surface area is 91.9 Å². The first kappa shape index (κ1) is 12.0. The predicted molar refractivity (Wildman–Crippen MR) is 62.2 cm³/mol. The van der Waals surface area contributed by atoms with Crippen LogP contribution in [0.1, 0.15) is 26.3 Å². The van der Waals surface area contributed by atoms with Gasteiger partial charge in [0.2, 0.25) is 5.88 Å². The molecular weight excluding hydrogens is 188 g/mol. The molecule has 1 aromatic heterocycles. The zero-order valence-electron chi connectivity index (χ0n) is 10.0. The van der Waals surface area contributed by atoms with Crippen LogP contribution in [0.15, 0.2) is 18.3 Å². The molecule has 0 aliphatic carbocycles. The minimum atomic E-state index is 0.162. The van der Waals surface area contributed by atoms with Gasteiger partial charge in [-0.3, -0.25) is 0 Å². The van der Waals surface area contributed by atoms with Crippen molar-refractivity contribution in [3.8, 4) is 5.88 Å². The molecule has 1 heterocycles. The van der Waals surface area contributed by atoms with Gasteiger partial charge in [-0.25, -0.2) is 4.98 Å². The SMILES string of the molecule is COc1ncccc1CCNC(C)(C)C. The maximum Gasteiger partial charge on any atom is 0.216 e. The van der Waals surface area contributed by atoms with E-state index < -0.39 is 0 Å². The Morgan fingerprint density at radius 3 is 2.73 bits per heavy atom. The normalized spacial score (nSPS) is 11.5. The van der Waals surface area contributed by atoms with Crippen molar-refractivity contribution in [3.05, 3.63) is 23.9 Å². The van der Waals surface area contributed by atoms with E-state index in [1.165, 1.54) is 0 Å². The Hall–Kier alpha value is -1.09. The van der Waals surface area contributed by atoms with Gasteiger partial charge in [0.05, 0.1) is 7.11 Å². The summed E-state index contributed by atoms with van der Waals surface area (Å²) < 4.78 is 5.19. The Kier molecular flexibility index (Phi) is 4.09. The number of methoxy groups -OCH3 is 1. The maximum atomic E-state index is 5.19. The molecule has 0 aliphatic rings. The van der Waals surface area contributed by atoms with E-state index in [1.807, 2.05) is 6.07 Å². The fourth-order valence-electron chi connectivity index (χ4n) is 1.37. The van der Waals surface area contributed by atoms with Gasteiger partial charge in [0.15, 0.2) is 0 Å². The fourth-order valence-corrected chi connectivity index (χ4v) is 1.37. The van der Waals surface area contributed by atoms with Crippen LogP contribution < -0.4 is 10.1 Å². The number of nitrogens with zero attached hydrogens (tertiary/aromatic N) is 1. The van der Waals surface area contributed by atoms with Gasteiger partial charge < -0.3 is 10.1 Å². The highest BCUT2D eigenvalue weighted by Gasteiger charge is 2.09. The van der Waals surface area contributed by atoms with Crippen LogP contribution in [0.4, 0.5) is 0 Å². The molecular formula is C12H20N2O. The number of hydrogen-bond acceptors (Lipinski definition) is 3. The molecule has 0 aliphatic heterocycles. The number of rotatable bonds is 4. The van der Waals surface area contributed by atoms with Gasteiger partial charge in [0, 0.05) is 17.3 Å². The van der Waals surface area contributed by atoms with Crippen molar-refractivity contribution in [3.63, 3.8) is 0 Å². The molecule has 0 atom stereocenters. The summed E-state index contributed by atoms with van der Waals surface area (Å²) in [5.41, 5.74) is 1.31. The molecule has 15 heavy (non-hydrogen) atoms. The van der Waals surface area contributed by atoms with Crippen molar-refractivity contribution in [2.45, 2.75) is 32.7 Å². The van der Waals surface area contributed by atoms with Crippen LogP contribution in [0.3, 0.4) is 0 Å². The van der Waals surface area contributed by atoms with Crippen molar-refractivity contribution in [1.82, 2.24) is 10.3 Å². The van der Waals surface area contributed by atoms with Crippen LogP contribution in [-0.4, -0.2) is 24.2 Å². The van der Waals surface area contributed by atoms with E-state index in [-0.39, 0.29) is 5.54 Å². The van der Waals surface area contributed by atoms with E-state index >= 15 is 0 Å². The lowest BCUT2D eigenvalue weighted by molar-refractivity contribution is 0.387. The summed E-state index contributed by atoms with van der Waals surface area (Å²) in [5.74, 6) is 0.730. The van der Waals surface area contributed by atoms with Gasteiger partial charge in [-0.1, -0.05) is 6.07 Å². The second kappa shape index (κ2) is 5.12. The summed E-state index contributed by atoms with van der Waals surface area (Å²) in [6, 6.07) is 3.99. The molecule has 1 aromatic rings. The molecule has 0 fully saturated rings. The van der Waals surface area contributed by atoms with Crippen LogP contribution in [0.2, 0.25) is 0 Å². The van der Waals surface area contributed by atoms with E-state index in [0.29, 0.717) is 0 Å². The standard InChI is InChI=1S/C12H20N2O/c1-12(2,3)14-9-7-10-6-5-8-13-11(10)15-4/h5-6,8,14H,7,9H2,1-4H3. The molecule has 1 N–H and O–H groups in total. The number of hydrogen-bond donors (Lipinski definition) is 1. The number of aromatic nitrogens is 1. The van der Waals surface area contributed by atoms with E-state index in [4.69, 9.17) is 4.74 Å². The number of nitrogens with one attached hydrogen (secondary N) is 1. The van der Waals surface area contributed by atoms with E-state index in [1.54, 1.807) is 13.3 Å². The van der Waals surface area contributed by atoms with Gasteiger partial charge in [0.25, 0.3) is 0 Å². The Morgan fingerprint density at radius 1 is 1.40 bits per heavy atom. The third kappa shape index (κ3) is 4.30. The second-order valence-corrected chi connectivity index (χ2v) is 4.60. The quantitative estimate of drug-likeness (QED) is 0.822. The first-order chi connectivity index (χ1) is 7.03. The zero-order chi connectivity index (χ0) is 11.3. The lowest BCUT2D eigenvalue weighted by atomic mass is 10.1. The second-order valence-electron chi connectivity index (χ2n) is 4.60. The van der Waals surface area contributed by atoms with Crippen molar-refractivity contribution in [2.75, 3.05) is 13.7 Å². The average Bonchev–Trinajstić information content (AvgIpc) is 2.16. The molecule has 0 amide bonds. The molecule has 84 valence electrons. The van der Waals surface area contributed by atoms with E-state index in [9.17, 15) is 0 Å². The Morgan fingerprint density at radius 2 is 2.13 bits per heavy atom. The van der Waals surface area contributed by atoms with Gasteiger partial charge in [-0.2, -0.15) is 0 Å². The lowest BCUT2D eigenvalue weighted by Crippen LogP contribution is -2.37. The topological polar surface area (TPSA) is 34.1 Å². The van der Waals surface area contributed by atoms with E-state index in [2.05, 4.69) is 37.1 Å². The summed E-state index contributed by atoms with van der Waals surface area (Å²) in [6.45, 7) is 7.42. The average molecular weight is 208 g/mol. The van der Waals surface area contributed by atoms with Crippen molar-refractivity contribution in [2.24, 2.45) is 0 Å². The molecule has 0 saturated heterocycles. The van der Waals surface area contributed by atoms with Gasteiger partial charge in [0.1, 0.15) is 0 Å². The largest absolute Gasteiger partial charge is 0.481 e. The van der Waals surface area contributed by atoms with Crippen LogP contribution in [0, 0.1) is 0 Å². The molecule has 3 nitrogen and oxygen atoms in total. The molecule has 0 radical (unpaired) electrons. The van der Waals surface area contributed by atoms with Crippen molar-refractivity contribution < 1.29 is 4.74 Å². The van der Waals surface area contributed by atoms with Crippen LogP contribution in [0.25, 0.3) is 0 Å². The number of pyridine rings is 1. The lowest BCUT2D eigenvalue weighted by Gasteiger charge is -2.20. The third-order valence-electron chi connectivity index (χ3n) is 2.09. The van der Waals surface area contributed by atoms with Crippen molar-refractivity contribution in [1.29, 1.82) is 0 Å². The monoisotopic (exact) mass is 208 g/mol. The number of ether oxygens (including phenoxy) is 1. The Bertz CT molecular complexity index is 305. The molecule has 1 rings (SSSR count). The Balaban J connectivity index is 2.50. The molecule has 0 spiro atoms. The van der Waals surface area contributed by atoms with E-state index in [0.717, 1.165) is 24.4 Å². The fraction of sp³-hybridized carbons (Fsp3) is 0.583. The smallest absolute Gasteiger partial charge is 0.216 e. The van der Waals surface area contributed by atoms with Gasteiger partial charge in [-0.15, -0.1) is 0 Å². The molecule has 0 bridgehead atoms. The van der Waals surface area contributed by atoms with Gasteiger partial charge in [-0.05, 0) is 39.8 Å². The summed E-state index contributed by atoms with van der Waals surface area (Å²) in [6.07, 6.45) is 2.69. The highest BCUT2D eigenvalue weighted by atomic mass is 16.5. The molecule has 3 heteroatoms. The predicted octanol–water partition coefficient (Wildman–Crippen LogP) is 2.02. The summed E-state index contributed by atoms with van der Waals surface area (Å²) in [5, 5.41) is 3.44. The first-order valence-corrected chi connectivity index (χ1v) is 5.26. The molecule has 0 aromatic carbocycles. The van der Waals surface area contributed by atoms with Crippen LogP contribution in [-0.2, 0) is 6.42 Å². The summed E-state index contributed by atoms with van der Waals surface area (Å²) in [7, 11) is 1.66. The maximum absolute atomic E-state index is 5.19. The minimum absolute atomic E-state index is 0.162. The highest BCUT2D eigenvalue weighted by Crippen LogP contribution is 2.13.